The van der Waals surface area contributed by atoms with Crippen LogP contribution in [0, 0.1) is 28.4 Å². The predicted molar refractivity (Wildman–Crippen MR) is 301 cm³/mol. The normalized spacial score (nSPS) is 17.1. The summed E-state index contributed by atoms with van der Waals surface area (Å²) in [5.41, 5.74) is -3.40. The number of ether oxygens (including phenoxy) is 4. The first-order valence-electron chi connectivity index (χ1n) is 25.0. The molecule has 15 nitrogen and oxygen atoms in total. The lowest BCUT2D eigenvalue weighted by molar-refractivity contribution is -0.137. The molecule has 1 aliphatic rings. The van der Waals surface area contributed by atoms with E-state index in [-0.39, 0.29) is 112 Å². The third-order valence-corrected chi connectivity index (χ3v) is 15.4. The van der Waals surface area contributed by atoms with Gasteiger partial charge in [0.1, 0.15) is 28.5 Å². The van der Waals surface area contributed by atoms with Crippen LogP contribution >= 0.6 is 46.4 Å². The van der Waals surface area contributed by atoms with Gasteiger partial charge in [-0.15, -0.1) is 0 Å². The number of nitrogens with one attached hydrogen (secondary N) is 5. The maximum atomic E-state index is 16.2. The summed E-state index contributed by atoms with van der Waals surface area (Å²) in [5, 5.41) is 21.9. The fraction of sp³-hybridized carbons (Fsp3) is 0.298. The van der Waals surface area contributed by atoms with E-state index in [2.05, 4.69) is 32.1 Å². The lowest BCUT2D eigenvalue weighted by Crippen LogP contribution is -2.45. The Morgan fingerprint density at radius 3 is 1.99 bits per heavy atom. The van der Waals surface area contributed by atoms with Crippen LogP contribution in [-0.2, 0) is 35.9 Å². The minimum atomic E-state index is -4.91. The minimum absolute atomic E-state index is 0.0471. The van der Waals surface area contributed by atoms with Crippen LogP contribution in [0.25, 0.3) is 0 Å². The molecule has 1 heterocycles. The number of alkyl halides is 3. The average Bonchev–Trinajstić information content (AvgIpc) is 1.84. The first-order chi connectivity index (χ1) is 38.8. The van der Waals surface area contributed by atoms with Gasteiger partial charge in [0, 0.05) is 51.8 Å². The monoisotopic (exact) mass is 1230 g/mol. The molecule has 0 aliphatic carbocycles. The number of hydrogen-bond acceptors (Lipinski definition) is 11. The van der Waals surface area contributed by atoms with E-state index in [9.17, 15) is 41.2 Å². The number of carbonyl (C=O) groups is 3. The molecule has 3 amide bonds. The first-order valence-corrected chi connectivity index (χ1v) is 28.0. The van der Waals surface area contributed by atoms with Gasteiger partial charge >= 0.3 is 6.18 Å². The number of nitrogens with zero attached hydrogens (tertiary/aromatic N) is 1. The molecule has 4 atom stereocenters. The maximum Gasteiger partial charge on any atom is 0.417 e. The summed E-state index contributed by atoms with van der Waals surface area (Å²) in [5.74, 6) is -4.38. The van der Waals surface area contributed by atoms with Gasteiger partial charge in [0.15, 0.2) is 5.75 Å². The summed E-state index contributed by atoms with van der Waals surface area (Å²) >= 11 is 24.2. The third-order valence-electron chi connectivity index (χ3n) is 13.0. The Kier molecular flexibility index (Phi) is 20.4. The second-order valence-electron chi connectivity index (χ2n) is 19.8. The van der Waals surface area contributed by atoms with Crippen LogP contribution in [0.4, 0.5) is 33.3 Å². The Morgan fingerprint density at radius 2 is 1.37 bits per heavy atom. The molecule has 7 rings (SSSR count). The van der Waals surface area contributed by atoms with Crippen molar-refractivity contribution in [2.24, 2.45) is 5.41 Å². The molecule has 434 valence electrons. The zero-order chi connectivity index (χ0) is 59.7. The van der Waals surface area contributed by atoms with Gasteiger partial charge in [-0.3, -0.25) is 19.1 Å². The van der Waals surface area contributed by atoms with Crippen molar-refractivity contribution in [2.75, 3.05) is 56.7 Å². The zero-order valence-electron chi connectivity index (χ0n) is 44.1. The zero-order valence-corrected chi connectivity index (χ0v) is 47.9. The average molecular weight is 1230 g/mol. The number of methoxy groups -OCH3 is 1. The molecule has 6 aromatic rings. The van der Waals surface area contributed by atoms with Crippen LogP contribution < -0.4 is 35.5 Å². The molecule has 5 N–H and O–H groups in total. The third kappa shape index (κ3) is 15.1. The SMILES string of the molecule is COc1cc(C(=O)NCCOCCOCCNC(=O)c2ccc(Oc3ccc(Cl)cc3NS(=O)(=O)c3ccc(Cl)c(C(F)(F)F)c3)cc2)ccc1NC(=O)[C@@H]1N[C@@H](CC(C)(C)C)[C@](C#N)(c2ccc(Cl)cc2F)[C@H]1c1cccc(Cl)c1F. The van der Waals surface area contributed by atoms with Gasteiger partial charge in [-0.1, -0.05) is 85.4 Å². The van der Waals surface area contributed by atoms with E-state index in [0.717, 1.165) is 18.2 Å². The number of carbonyl (C=O) groups excluding carboxylic acids is 3. The molecule has 1 saturated heterocycles. The van der Waals surface area contributed by atoms with Crippen molar-refractivity contribution >= 4 is 85.5 Å². The summed E-state index contributed by atoms with van der Waals surface area (Å²) < 4.78 is 124. The van der Waals surface area contributed by atoms with Gasteiger partial charge in [0.2, 0.25) is 5.91 Å². The van der Waals surface area contributed by atoms with Crippen LogP contribution in [0.2, 0.25) is 20.1 Å². The first kappa shape index (κ1) is 62.9. The van der Waals surface area contributed by atoms with Crippen molar-refractivity contribution in [1.82, 2.24) is 16.0 Å². The smallest absolute Gasteiger partial charge is 0.417 e. The Labute approximate surface area is 489 Å². The number of nitriles is 1. The molecule has 0 aromatic heterocycles. The van der Waals surface area contributed by atoms with Gasteiger partial charge < -0.3 is 40.2 Å². The van der Waals surface area contributed by atoms with Crippen molar-refractivity contribution in [2.45, 2.75) is 61.7 Å². The van der Waals surface area contributed by atoms with E-state index < -0.39 is 89.9 Å². The molecular formula is C57H53Cl4F5N6O9S. The van der Waals surface area contributed by atoms with E-state index in [0.29, 0.717) is 6.07 Å². The maximum absolute atomic E-state index is 16.2. The molecule has 0 spiro atoms. The van der Waals surface area contributed by atoms with Gasteiger partial charge in [0.05, 0.1) is 77.5 Å². The van der Waals surface area contributed by atoms with E-state index >= 15 is 8.78 Å². The molecule has 0 bridgehead atoms. The summed E-state index contributed by atoms with van der Waals surface area (Å²) in [6.45, 7) is 6.59. The van der Waals surface area contributed by atoms with Crippen LogP contribution in [-0.4, -0.2) is 84.8 Å². The molecule has 1 aliphatic heterocycles. The van der Waals surface area contributed by atoms with E-state index in [1.807, 2.05) is 20.8 Å². The van der Waals surface area contributed by atoms with Crippen molar-refractivity contribution < 1.29 is 63.7 Å². The van der Waals surface area contributed by atoms with E-state index in [4.69, 9.17) is 65.4 Å². The fourth-order valence-electron chi connectivity index (χ4n) is 9.27. The second-order valence-corrected chi connectivity index (χ2v) is 23.2. The van der Waals surface area contributed by atoms with Gasteiger partial charge in [0.25, 0.3) is 21.8 Å². The molecule has 0 saturated carbocycles. The summed E-state index contributed by atoms with van der Waals surface area (Å²) in [6.07, 6.45) is -4.65. The highest BCUT2D eigenvalue weighted by Crippen LogP contribution is 2.53. The Balaban J connectivity index is 0.864. The number of amides is 3. The highest BCUT2D eigenvalue weighted by Gasteiger charge is 2.61. The summed E-state index contributed by atoms with van der Waals surface area (Å²) in [7, 11) is -3.24. The van der Waals surface area contributed by atoms with Crippen molar-refractivity contribution in [3.8, 4) is 23.3 Å². The molecule has 25 heteroatoms. The molecule has 1 fully saturated rings. The Bertz CT molecular complexity index is 3500. The predicted octanol–water partition coefficient (Wildman–Crippen LogP) is 12.4. The molecule has 82 heavy (non-hydrogen) atoms. The Hall–Kier alpha value is -6.74. The second kappa shape index (κ2) is 26.7. The molecule has 0 unspecified atom stereocenters. The molecule has 0 radical (unpaired) electrons. The fourth-order valence-corrected chi connectivity index (χ4v) is 11.1. The van der Waals surface area contributed by atoms with E-state index in [1.54, 1.807) is 0 Å². The van der Waals surface area contributed by atoms with Crippen LogP contribution in [0.15, 0.2) is 120 Å². The van der Waals surface area contributed by atoms with Crippen LogP contribution in [0.3, 0.4) is 0 Å². The summed E-state index contributed by atoms with van der Waals surface area (Å²) in [6, 6.07) is 24.5. The van der Waals surface area contributed by atoms with Crippen molar-refractivity contribution in [1.29, 1.82) is 5.26 Å². The van der Waals surface area contributed by atoms with Crippen LogP contribution in [0.1, 0.15) is 70.5 Å². The number of rotatable bonds is 22. The lowest BCUT2D eigenvalue weighted by Gasteiger charge is -2.37. The van der Waals surface area contributed by atoms with Crippen LogP contribution in [0.5, 0.6) is 17.2 Å². The number of halogens is 9. The number of hydrogen-bond donors (Lipinski definition) is 5. The van der Waals surface area contributed by atoms with Gasteiger partial charge in [-0.25, -0.2) is 17.2 Å². The molecular weight excluding hydrogens is 1180 g/mol. The van der Waals surface area contributed by atoms with Gasteiger partial charge in [-0.2, -0.15) is 18.4 Å². The number of benzene rings is 6. The van der Waals surface area contributed by atoms with Crippen molar-refractivity contribution in [3.63, 3.8) is 0 Å². The van der Waals surface area contributed by atoms with Crippen molar-refractivity contribution in [3.05, 3.63) is 175 Å². The summed E-state index contributed by atoms with van der Waals surface area (Å²) in [4.78, 5) is 39.8. The topological polar surface area (TPSA) is 206 Å². The van der Waals surface area contributed by atoms with E-state index in [1.165, 1.54) is 98.1 Å². The Morgan fingerprint density at radius 1 is 0.732 bits per heavy atom. The number of anilines is 2. The largest absolute Gasteiger partial charge is 0.495 e. The highest BCUT2D eigenvalue weighted by molar-refractivity contribution is 7.92. The van der Waals surface area contributed by atoms with Gasteiger partial charge in [-0.05, 0) is 114 Å². The standard InChI is InChI=1S/C57H53Cl4F5N6O9S/c1-55(2,3)30-48-56(31-67,39-16-11-34(58)27-43(39)62)49(38-6-5-7-42(61)50(38)63)51(71-48)54(75)70-44-18-10-33(26-47(44)78-4)53(74)69-21-23-80-25-24-79-22-20-68-52(73)32-8-13-36(14-9-32)81-46-19-12-35(59)28-45(46)72-82(76,77)37-15-17-41(60)40(29-37)57(64,65)66/h5-19,26-29,48-49,51,71-72H,20-25,30H2,1-4H3,(H,68,73)(H,69,74)(H,70,75)/t48-,49-,51+,56-/m0/s1. The molecule has 6 aromatic carbocycles. The quantitative estimate of drug-likeness (QED) is 0.0319. The minimum Gasteiger partial charge on any atom is -0.495 e. The lowest BCUT2D eigenvalue weighted by atomic mass is 9.62. The number of sulfonamides is 1. The highest BCUT2D eigenvalue weighted by atomic mass is 35.5.